The predicted molar refractivity (Wildman–Crippen MR) is 124 cm³/mol. The van der Waals surface area contributed by atoms with Crippen molar-refractivity contribution in [2.45, 2.75) is 58.9 Å². The van der Waals surface area contributed by atoms with Gasteiger partial charge in [-0.05, 0) is 48.4 Å². The van der Waals surface area contributed by atoms with Crippen LogP contribution in [0.5, 0.6) is 0 Å². The van der Waals surface area contributed by atoms with Crippen LogP contribution < -0.4 is 0 Å². The zero-order valence-electron chi connectivity index (χ0n) is 18.1. The summed E-state index contributed by atoms with van der Waals surface area (Å²) in [5.74, 6) is -0.154. The molecule has 0 radical (unpaired) electrons. The number of carbonyl (C=O) groups is 3. The number of amides is 1. The number of ketones is 1. The zero-order chi connectivity index (χ0) is 21.7. The van der Waals surface area contributed by atoms with Gasteiger partial charge < -0.3 is 4.90 Å². The van der Waals surface area contributed by atoms with Gasteiger partial charge in [0.15, 0.2) is 0 Å². The Morgan fingerprint density at radius 2 is 1.83 bits per heavy atom. The lowest BCUT2D eigenvalue weighted by Crippen LogP contribution is -2.47. The van der Waals surface area contributed by atoms with Gasteiger partial charge in [-0.2, -0.15) is 0 Å². The molecule has 0 unspecified atom stereocenters. The summed E-state index contributed by atoms with van der Waals surface area (Å²) in [4.78, 5) is 39.5. The van der Waals surface area contributed by atoms with E-state index in [-0.39, 0.29) is 10.9 Å². The van der Waals surface area contributed by atoms with Crippen molar-refractivity contribution in [3.8, 4) is 0 Å². The van der Waals surface area contributed by atoms with Gasteiger partial charge in [-0.15, -0.1) is 0 Å². The smallest absolute Gasteiger partial charge is 0.291 e. The number of likely N-dealkylation sites (tertiary alicyclic amines) is 1. The van der Waals surface area contributed by atoms with Crippen molar-refractivity contribution in [2.75, 3.05) is 12.3 Å². The predicted octanol–water partition coefficient (Wildman–Crippen LogP) is 5.03. The molecule has 0 saturated carbocycles. The quantitative estimate of drug-likeness (QED) is 0.440. The van der Waals surface area contributed by atoms with E-state index in [4.69, 9.17) is 0 Å². The fourth-order valence-corrected chi connectivity index (χ4v) is 4.70. The van der Waals surface area contributed by atoms with Crippen LogP contribution in [0.3, 0.4) is 0 Å². The third kappa shape index (κ3) is 5.12. The highest BCUT2D eigenvalue weighted by molar-refractivity contribution is 8.13. The molecule has 160 valence electrons. The molecule has 1 fully saturated rings. The highest BCUT2D eigenvalue weighted by Gasteiger charge is 2.40. The number of nitrogens with zero attached hydrogens (tertiary/aromatic N) is 1. The van der Waals surface area contributed by atoms with Crippen LogP contribution in [0.1, 0.15) is 52.0 Å². The average Bonchev–Trinajstić information content (AvgIpc) is 3.25. The Hall–Kier alpha value is -2.14. The third-order valence-electron chi connectivity index (χ3n) is 6.15. The summed E-state index contributed by atoms with van der Waals surface area (Å²) in [6, 6.07) is 14.3. The van der Waals surface area contributed by atoms with Crippen LogP contribution in [0, 0.1) is 5.41 Å². The first-order valence-electron chi connectivity index (χ1n) is 10.8. The zero-order valence-corrected chi connectivity index (χ0v) is 19.0. The van der Waals surface area contributed by atoms with Crippen LogP contribution in [-0.2, 0) is 20.8 Å². The molecular weight excluding hydrogens is 394 g/mol. The van der Waals surface area contributed by atoms with E-state index < -0.39 is 17.4 Å². The minimum absolute atomic E-state index is 0.0152. The largest absolute Gasteiger partial charge is 0.325 e. The van der Waals surface area contributed by atoms with E-state index in [1.165, 1.54) is 33.0 Å². The summed E-state index contributed by atoms with van der Waals surface area (Å²) >= 11 is 1.30. The number of thioether (sulfide) groups is 1. The van der Waals surface area contributed by atoms with Gasteiger partial charge in [0.1, 0.15) is 6.04 Å². The van der Waals surface area contributed by atoms with Crippen LogP contribution >= 0.6 is 11.8 Å². The van der Waals surface area contributed by atoms with Gasteiger partial charge in [-0.25, -0.2) is 0 Å². The average molecular weight is 426 g/mol. The van der Waals surface area contributed by atoms with Crippen molar-refractivity contribution in [1.29, 1.82) is 0 Å². The lowest BCUT2D eigenvalue weighted by atomic mass is 9.84. The number of rotatable bonds is 8. The van der Waals surface area contributed by atoms with Gasteiger partial charge in [0.05, 0.1) is 0 Å². The number of carbonyl (C=O) groups excluding carboxylic acids is 3. The number of Topliss-reactive ketones (excluding diaryl/α,β-unsaturated/α-hetero) is 1. The maximum Gasteiger partial charge on any atom is 0.291 e. The molecule has 0 aliphatic carbocycles. The molecule has 1 aliphatic heterocycles. The van der Waals surface area contributed by atoms with E-state index in [0.29, 0.717) is 19.4 Å². The molecular formula is C25H31NO3S. The lowest BCUT2D eigenvalue weighted by molar-refractivity contribution is -0.150. The van der Waals surface area contributed by atoms with Crippen molar-refractivity contribution in [3.05, 3.63) is 48.0 Å². The minimum atomic E-state index is -0.680. The molecule has 1 amide bonds. The number of fused-ring (bicyclic) bond motifs is 1. The van der Waals surface area contributed by atoms with E-state index in [9.17, 15) is 14.4 Å². The Morgan fingerprint density at radius 1 is 1.10 bits per heavy atom. The summed E-state index contributed by atoms with van der Waals surface area (Å²) in [6.45, 7) is 5.99. The minimum Gasteiger partial charge on any atom is -0.325 e. The number of hydrogen-bond donors (Lipinski definition) is 0. The SMILES string of the molecule is CCC(C)(C)C(=O)C(=O)N1CCC[C@H]1C(=O)SCCCc1ccc2ccccc2c1. The van der Waals surface area contributed by atoms with Crippen LogP contribution in [0.25, 0.3) is 10.8 Å². The molecule has 5 heteroatoms. The van der Waals surface area contributed by atoms with Gasteiger partial charge in [0.2, 0.25) is 10.9 Å². The second-order valence-electron chi connectivity index (χ2n) is 8.68. The van der Waals surface area contributed by atoms with E-state index in [2.05, 4.69) is 30.3 Å². The summed E-state index contributed by atoms with van der Waals surface area (Å²) in [5.41, 5.74) is 0.590. The fourth-order valence-electron chi connectivity index (χ4n) is 3.77. The Kier molecular flexibility index (Phi) is 7.35. The lowest BCUT2D eigenvalue weighted by Gasteiger charge is -2.27. The molecule has 0 spiro atoms. The molecule has 30 heavy (non-hydrogen) atoms. The van der Waals surface area contributed by atoms with Crippen molar-refractivity contribution >= 4 is 39.3 Å². The van der Waals surface area contributed by atoms with Gasteiger partial charge in [0, 0.05) is 17.7 Å². The normalized spacial score (nSPS) is 16.8. The van der Waals surface area contributed by atoms with Gasteiger partial charge >= 0.3 is 0 Å². The van der Waals surface area contributed by atoms with E-state index >= 15 is 0 Å². The second-order valence-corrected chi connectivity index (χ2v) is 9.77. The monoisotopic (exact) mass is 425 g/mol. The van der Waals surface area contributed by atoms with E-state index in [1.807, 2.05) is 19.1 Å². The molecule has 1 heterocycles. The third-order valence-corrected chi connectivity index (χ3v) is 7.20. The van der Waals surface area contributed by atoms with E-state index in [0.717, 1.165) is 25.0 Å². The summed E-state index contributed by atoms with van der Waals surface area (Å²) < 4.78 is 0. The molecule has 4 nitrogen and oxygen atoms in total. The van der Waals surface area contributed by atoms with Crippen LogP contribution in [0.15, 0.2) is 42.5 Å². The van der Waals surface area contributed by atoms with Crippen molar-refractivity contribution in [3.63, 3.8) is 0 Å². The number of benzene rings is 2. The Morgan fingerprint density at radius 3 is 2.57 bits per heavy atom. The van der Waals surface area contributed by atoms with Crippen LogP contribution in [0.2, 0.25) is 0 Å². The molecule has 1 atom stereocenters. The van der Waals surface area contributed by atoms with Crippen molar-refractivity contribution in [2.24, 2.45) is 5.41 Å². The molecule has 2 aromatic carbocycles. The highest BCUT2D eigenvalue weighted by atomic mass is 32.2. The molecule has 2 aromatic rings. The maximum absolute atomic E-state index is 12.7. The Bertz CT molecular complexity index is 937. The molecule has 0 aromatic heterocycles. The molecule has 0 bridgehead atoms. The van der Waals surface area contributed by atoms with Crippen LogP contribution in [0.4, 0.5) is 0 Å². The number of hydrogen-bond acceptors (Lipinski definition) is 4. The molecule has 1 aliphatic rings. The van der Waals surface area contributed by atoms with Crippen LogP contribution in [-0.4, -0.2) is 40.0 Å². The van der Waals surface area contributed by atoms with Crippen molar-refractivity contribution < 1.29 is 14.4 Å². The fraction of sp³-hybridized carbons (Fsp3) is 0.480. The molecule has 0 N–H and O–H groups in total. The second kappa shape index (κ2) is 9.78. The van der Waals surface area contributed by atoms with Gasteiger partial charge in [-0.3, -0.25) is 14.4 Å². The summed E-state index contributed by atoms with van der Waals surface area (Å²) in [7, 11) is 0. The van der Waals surface area contributed by atoms with E-state index in [1.54, 1.807) is 13.8 Å². The first kappa shape index (κ1) is 22.5. The van der Waals surface area contributed by atoms with Gasteiger partial charge in [-0.1, -0.05) is 75.0 Å². The molecule has 3 rings (SSSR count). The van der Waals surface area contributed by atoms with Crippen molar-refractivity contribution in [1.82, 2.24) is 4.90 Å². The Labute approximate surface area is 183 Å². The highest BCUT2D eigenvalue weighted by Crippen LogP contribution is 2.28. The Balaban J connectivity index is 1.51. The molecule has 1 saturated heterocycles. The first-order chi connectivity index (χ1) is 14.3. The maximum atomic E-state index is 12.7. The number of aryl methyl sites for hydroxylation is 1. The topological polar surface area (TPSA) is 54.5 Å². The first-order valence-corrected chi connectivity index (χ1v) is 11.8. The standard InChI is InChI=1S/C25H31NO3S/c1-4-25(2,3)22(27)23(28)26-15-7-12-21(26)24(29)30-16-8-9-18-13-14-19-10-5-6-11-20(19)17-18/h5-6,10-11,13-14,17,21H,4,7-9,12,15-16H2,1-3H3/t21-/m0/s1. The summed E-state index contributed by atoms with van der Waals surface area (Å²) in [6.07, 6.45) is 3.86. The van der Waals surface area contributed by atoms with Gasteiger partial charge in [0.25, 0.3) is 5.91 Å². The summed E-state index contributed by atoms with van der Waals surface area (Å²) in [5, 5.41) is 2.48.